The predicted molar refractivity (Wildman–Crippen MR) is 55.9 cm³/mol. The Hall–Kier alpha value is -1.27. The second-order valence-electron chi connectivity index (χ2n) is 2.80. The number of rotatable bonds is 3. The van der Waals surface area contributed by atoms with E-state index >= 15 is 0 Å². The second-order valence-corrected chi connectivity index (χ2v) is 4.09. The minimum atomic E-state index is -0.711. The highest BCUT2D eigenvalue weighted by Crippen LogP contribution is 2.26. The van der Waals surface area contributed by atoms with Crippen molar-refractivity contribution in [2.45, 2.75) is 5.88 Å². The first-order chi connectivity index (χ1) is 7.67. The second kappa shape index (κ2) is 4.71. The third kappa shape index (κ3) is 2.65. The van der Waals surface area contributed by atoms with Gasteiger partial charge >= 0.3 is 0 Å². The molecule has 0 spiro atoms. The Balaban J connectivity index is 2.19. The van der Waals surface area contributed by atoms with Crippen LogP contribution in [0, 0.1) is 11.6 Å². The normalized spacial score (nSPS) is 10.4. The SMILES string of the molecule is Fc1cc(F)cc(Oc2nnc(CCl)s2)c1. The third-order valence-electron chi connectivity index (χ3n) is 1.60. The van der Waals surface area contributed by atoms with Gasteiger partial charge in [0.2, 0.25) is 0 Å². The van der Waals surface area contributed by atoms with Crippen LogP contribution < -0.4 is 4.74 Å². The van der Waals surface area contributed by atoms with Crippen molar-refractivity contribution in [1.82, 2.24) is 10.2 Å². The van der Waals surface area contributed by atoms with Crippen molar-refractivity contribution in [3.8, 4) is 10.9 Å². The number of aromatic nitrogens is 2. The van der Waals surface area contributed by atoms with Crippen LogP contribution in [0.1, 0.15) is 5.01 Å². The van der Waals surface area contributed by atoms with Crippen molar-refractivity contribution in [2.24, 2.45) is 0 Å². The summed E-state index contributed by atoms with van der Waals surface area (Å²) in [6.45, 7) is 0. The Morgan fingerprint density at radius 1 is 1.19 bits per heavy atom. The molecule has 2 aromatic rings. The van der Waals surface area contributed by atoms with Crippen LogP contribution >= 0.6 is 22.9 Å². The molecule has 0 aliphatic heterocycles. The fourth-order valence-electron chi connectivity index (χ4n) is 1.02. The van der Waals surface area contributed by atoms with E-state index in [1.54, 1.807) is 0 Å². The van der Waals surface area contributed by atoms with E-state index in [4.69, 9.17) is 16.3 Å². The van der Waals surface area contributed by atoms with Gasteiger partial charge in [0.1, 0.15) is 22.4 Å². The topological polar surface area (TPSA) is 35.0 Å². The molecule has 0 unspecified atom stereocenters. The molecule has 7 heteroatoms. The van der Waals surface area contributed by atoms with Gasteiger partial charge in [0.25, 0.3) is 5.19 Å². The molecule has 0 aliphatic rings. The van der Waals surface area contributed by atoms with Gasteiger partial charge in [-0.15, -0.1) is 16.7 Å². The molecule has 0 amide bonds. The van der Waals surface area contributed by atoms with Crippen LogP contribution in [0.5, 0.6) is 10.9 Å². The minimum Gasteiger partial charge on any atom is -0.430 e. The Bertz CT molecular complexity index is 486. The summed E-state index contributed by atoms with van der Waals surface area (Å²) < 4.78 is 30.8. The predicted octanol–water partition coefficient (Wildman–Crippen LogP) is 3.35. The standard InChI is InChI=1S/C9H5ClF2N2OS/c10-4-8-13-14-9(16-8)15-7-2-5(11)1-6(12)3-7/h1-3H,4H2. The third-order valence-corrected chi connectivity index (χ3v) is 2.82. The molecule has 0 fully saturated rings. The molecule has 0 radical (unpaired) electrons. The van der Waals surface area contributed by atoms with Crippen LogP contribution in [0.3, 0.4) is 0 Å². The number of alkyl halides is 1. The van der Waals surface area contributed by atoms with E-state index in [-0.39, 0.29) is 16.8 Å². The van der Waals surface area contributed by atoms with Gasteiger partial charge in [0.15, 0.2) is 0 Å². The molecule has 84 valence electrons. The van der Waals surface area contributed by atoms with E-state index in [2.05, 4.69) is 10.2 Å². The molecule has 1 aromatic carbocycles. The van der Waals surface area contributed by atoms with Crippen molar-refractivity contribution in [3.63, 3.8) is 0 Å². The van der Waals surface area contributed by atoms with E-state index in [1.165, 1.54) is 0 Å². The summed E-state index contributed by atoms with van der Waals surface area (Å²) in [4.78, 5) is 0. The molecule has 0 bridgehead atoms. The first-order valence-corrected chi connectivity index (χ1v) is 5.55. The van der Waals surface area contributed by atoms with Gasteiger partial charge in [-0.3, -0.25) is 0 Å². The highest BCUT2D eigenvalue weighted by Gasteiger charge is 2.07. The van der Waals surface area contributed by atoms with Gasteiger partial charge in [0.05, 0.1) is 5.88 Å². The Labute approximate surface area is 98.6 Å². The van der Waals surface area contributed by atoms with Crippen molar-refractivity contribution in [3.05, 3.63) is 34.8 Å². The molecule has 0 atom stereocenters. The molecule has 0 N–H and O–H groups in total. The van der Waals surface area contributed by atoms with Crippen molar-refractivity contribution in [1.29, 1.82) is 0 Å². The summed E-state index contributed by atoms with van der Waals surface area (Å²) in [7, 11) is 0. The van der Waals surface area contributed by atoms with Crippen LogP contribution in [0.15, 0.2) is 18.2 Å². The first kappa shape index (κ1) is 11.2. The fraction of sp³-hybridized carbons (Fsp3) is 0.111. The van der Waals surface area contributed by atoms with Gasteiger partial charge in [-0.1, -0.05) is 16.4 Å². The van der Waals surface area contributed by atoms with Crippen molar-refractivity contribution in [2.75, 3.05) is 0 Å². The Morgan fingerprint density at radius 3 is 2.44 bits per heavy atom. The maximum absolute atomic E-state index is 12.8. The van der Waals surface area contributed by atoms with Gasteiger partial charge in [0, 0.05) is 18.2 Å². The van der Waals surface area contributed by atoms with Gasteiger partial charge in [-0.05, 0) is 0 Å². The summed E-state index contributed by atoms with van der Waals surface area (Å²) in [5, 5.41) is 8.13. The zero-order valence-electron chi connectivity index (χ0n) is 7.78. The number of hydrogen-bond donors (Lipinski definition) is 0. The van der Waals surface area contributed by atoms with E-state index in [1.807, 2.05) is 0 Å². The van der Waals surface area contributed by atoms with E-state index in [9.17, 15) is 8.78 Å². The molecule has 3 nitrogen and oxygen atoms in total. The lowest BCUT2D eigenvalue weighted by molar-refractivity contribution is 0.460. The first-order valence-electron chi connectivity index (χ1n) is 4.19. The Kier molecular flexibility index (Phi) is 3.31. The van der Waals surface area contributed by atoms with Crippen molar-refractivity contribution < 1.29 is 13.5 Å². The summed E-state index contributed by atoms with van der Waals surface area (Å²) in [6.07, 6.45) is 0. The number of halogens is 3. The zero-order valence-corrected chi connectivity index (χ0v) is 9.36. The monoisotopic (exact) mass is 262 g/mol. The lowest BCUT2D eigenvalue weighted by Gasteiger charge is -2.00. The molecule has 0 saturated heterocycles. The number of ether oxygens (including phenoxy) is 1. The molecule has 16 heavy (non-hydrogen) atoms. The van der Waals surface area contributed by atoms with Crippen LogP contribution in [-0.4, -0.2) is 10.2 Å². The number of nitrogens with zero attached hydrogens (tertiary/aromatic N) is 2. The average molecular weight is 263 g/mol. The molecular weight excluding hydrogens is 258 g/mol. The number of hydrogen-bond acceptors (Lipinski definition) is 4. The highest BCUT2D eigenvalue weighted by molar-refractivity contribution is 7.13. The van der Waals surface area contributed by atoms with Gasteiger partial charge in [-0.25, -0.2) is 8.78 Å². The molecule has 0 aliphatic carbocycles. The van der Waals surface area contributed by atoms with E-state index < -0.39 is 11.6 Å². The minimum absolute atomic E-state index is 0.0368. The smallest absolute Gasteiger partial charge is 0.299 e. The van der Waals surface area contributed by atoms with Crippen LogP contribution in [0.4, 0.5) is 8.78 Å². The quantitative estimate of drug-likeness (QED) is 0.796. The molecule has 2 rings (SSSR count). The summed E-state index contributed by atoms with van der Waals surface area (Å²) in [6, 6.07) is 2.88. The van der Waals surface area contributed by atoms with Crippen LogP contribution in [0.2, 0.25) is 0 Å². The molecule has 1 aromatic heterocycles. The highest BCUT2D eigenvalue weighted by atomic mass is 35.5. The number of benzene rings is 1. The average Bonchev–Trinajstić information content (AvgIpc) is 2.64. The molecule has 0 saturated carbocycles. The maximum atomic E-state index is 12.8. The van der Waals surface area contributed by atoms with Gasteiger partial charge in [-0.2, -0.15) is 0 Å². The van der Waals surface area contributed by atoms with Crippen LogP contribution in [0.25, 0.3) is 0 Å². The lowest BCUT2D eigenvalue weighted by Crippen LogP contribution is -1.86. The maximum Gasteiger partial charge on any atom is 0.299 e. The molecular formula is C9H5ClF2N2OS. The van der Waals surface area contributed by atoms with E-state index in [0.717, 1.165) is 29.5 Å². The lowest BCUT2D eigenvalue weighted by atomic mass is 10.3. The van der Waals surface area contributed by atoms with E-state index in [0.29, 0.717) is 5.01 Å². The fourth-order valence-corrected chi connectivity index (χ4v) is 1.80. The molecule has 1 heterocycles. The van der Waals surface area contributed by atoms with Crippen molar-refractivity contribution >= 4 is 22.9 Å². The largest absolute Gasteiger partial charge is 0.430 e. The summed E-state index contributed by atoms with van der Waals surface area (Å²) >= 11 is 6.64. The Morgan fingerprint density at radius 2 is 1.88 bits per heavy atom. The zero-order chi connectivity index (χ0) is 11.5. The van der Waals surface area contributed by atoms with Gasteiger partial charge < -0.3 is 4.74 Å². The summed E-state index contributed by atoms with van der Waals surface area (Å²) in [5.41, 5.74) is 0. The van der Waals surface area contributed by atoms with Crippen LogP contribution in [-0.2, 0) is 5.88 Å². The summed E-state index contributed by atoms with van der Waals surface area (Å²) in [5.74, 6) is -1.16.